The number of nitrogens with two attached hydrogens (primary N) is 1. The average molecular weight is 319 g/mol. The molecule has 0 aromatic rings. The van der Waals surface area contributed by atoms with Crippen molar-refractivity contribution in [3.05, 3.63) is 0 Å². The summed E-state index contributed by atoms with van der Waals surface area (Å²) in [6.45, 7) is 10.4. The van der Waals surface area contributed by atoms with Gasteiger partial charge in [0.15, 0.2) is 5.78 Å². The van der Waals surface area contributed by atoms with E-state index in [1.807, 2.05) is 20.8 Å². The lowest BCUT2D eigenvalue weighted by Gasteiger charge is -2.16. The molecule has 132 valence electrons. The van der Waals surface area contributed by atoms with Gasteiger partial charge in [0.2, 0.25) is 0 Å². The predicted octanol–water partition coefficient (Wildman–Crippen LogP) is 1.41. The normalized spacial score (nSPS) is 11.8. The van der Waals surface area contributed by atoms with Gasteiger partial charge in [-0.3, -0.25) is 4.79 Å². The van der Waals surface area contributed by atoms with E-state index in [2.05, 4.69) is 0 Å². The van der Waals surface area contributed by atoms with Crippen LogP contribution in [0.5, 0.6) is 0 Å². The second-order valence-electron chi connectivity index (χ2n) is 6.06. The van der Waals surface area contributed by atoms with Gasteiger partial charge in [-0.2, -0.15) is 0 Å². The smallest absolute Gasteiger partial charge is 0.163 e. The maximum atomic E-state index is 11.6. The number of Topliss-reactive ketones (excluding diaryl/α,β-unsaturated/α-hetero) is 1. The number of carbonyl (C=O) groups is 1. The van der Waals surface area contributed by atoms with Crippen LogP contribution in [0.15, 0.2) is 0 Å². The lowest BCUT2D eigenvalue weighted by atomic mass is 9.91. The van der Waals surface area contributed by atoms with Crippen LogP contribution in [0.3, 0.4) is 0 Å². The summed E-state index contributed by atoms with van der Waals surface area (Å²) in [6, 6.07) is 0. The first-order chi connectivity index (χ1) is 10.5. The molecule has 22 heavy (non-hydrogen) atoms. The third-order valence-corrected chi connectivity index (χ3v) is 2.93. The minimum Gasteiger partial charge on any atom is -0.379 e. The molecule has 0 saturated heterocycles. The molecule has 6 heteroatoms. The van der Waals surface area contributed by atoms with Crippen molar-refractivity contribution in [2.45, 2.75) is 33.6 Å². The summed E-state index contributed by atoms with van der Waals surface area (Å²) >= 11 is 0. The SMILES string of the molecule is CC(C)(C)C(=O)COCCOCCOCCOCCCCN. The van der Waals surface area contributed by atoms with Crippen LogP contribution in [0.1, 0.15) is 33.6 Å². The summed E-state index contributed by atoms with van der Waals surface area (Å²) < 4.78 is 21.3. The molecule has 0 saturated carbocycles. The predicted molar refractivity (Wildman–Crippen MR) is 86.0 cm³/mol. The molecular formula is C16H33NO5. The van der Waals surface area contributed by atoms with Gasteiger partial charge in [0.05, 0.1) is 39.6 Å². The Labute approximate surface area is 134 Å². The van der Waals surface area contributed by atoms with E-state index in [4.69, 9.17) is 24.7 Å². The van der Waals surface area contributed by atoms with E-state index in [1.54, 1.807) is 0 Å². The third-order valence-electron chi connectivity index (χ3n) is 2.93. The molecular weight excluding hydrogens is 286 g/mol. The standard InChI is InChI=1S/C16H33NO5/c1-16(2,3)15(18)14-22-13-12-21-11-10-20-9-8-19-7-5-4-6-17/h4-14,17H2,1-3H3. The number of ketones is 1. The van der Waals surface area contributed by atoms with Crippen molar-refractivity contribution in [1.82, 2.24) is 0 Å². The van der Waals surface area contributed by atoms with E-state index < -0.39 is 0 Å². The summed E-state index contributed by atoms with van der Waals surface area (Å²) in [6.07, 6.45) is 2.00. The summed E-state index contributed by atoms with van der Waals surface area (Å²) in [5.74, 6) is 0.0993. The molecule has 0 rings (SSSR count). The molecule has 0 aliphatic rings. The Bertz CT molecular complexity index is 266. The van der Waals surface area contributed by atoms with Gasteiger partial charge in [0.25, 0.3) is 0 Å². The number of hydrogen-bond donors (Lipinski definition) is 1. The summed E-state index contributed by atoms with van der Waals surface area (Å²) in [4.78, 5) is 11.6. The summed E-state index contributed by atoms with van der Waals surface area (Å²) in [5.41, 5.74) is 5.04. The zero-order valence-corrected chi connectivity index (χ0v) is 14.4. The maximum absolute atomic E-state index is 11.6. The fourth-order valence-corrected chi connectivity index (χ4v) is 1.39. The van der Waals surface area contributed by atoms with Crippen LogP contribution < -0.4 is 5.73 Å². The van der Waals surface area contributed by atoms with E-state index in [9.17, 15) is 4.79 Å². The third kappa shape index (κ3) is 14.4. The molecule has 0 aliphatic heterocycles. The van der Waals surface area contributed by atoms with E-state index in [0.29, 0.717) is 46.2 Å². The van der Waals surface area contributed by atoms with E-state index in [-0.39, 0.29) is 17.8 Å². The second-order valence-corrected chi connectivity index (χ2v) is 6.06. The van der Waals surface area contributed by atoms with Gasteiger partial charge in [-0.25, -0.2) is 0 Å². The van der Waals surface area contributed by atoms with Gasteiger partial charge in [0.1, 0.15) is 6.61 Å². The summed E-state index contributed by atoms with van der Waals surface area (Å²) in [5, 5.41) is 0. The number of ether oxygens (including phenoxy) is 4. The van der Waals surface area contributed by atoms with Crippen molar-refractivity contribution < 1.29 is 23.7 Å². The van der Waals surface area contributed by atoms with Crippen LogP contribution in [0.25, 0.3) is 0 Å². The van der Waals surface area contributed by atoms with Gasteiger partial charge in [0, 0.05) is 12.0 Å². The van der Waals surface area contributed by atoms with E-state index in [0.717, 1.165) is 19.4 Å². The zero-order chi connectivity index (χ0) is 16.7. The van der Waals surface area contributed by atoms with Crippen molar-refractivity contribution in [3.8, 4) is 0 Å². The molecule has 0 bridgehead atoms. The number of rotatable bonds is 15. The molecule has 0 amide bonds. The van der Waals surface area contributed by atoms with Crippen LogP contribution in [-0.2, 0) is 23.7 Å². The van der Waals surface area contributed by atoms with Gasteiger partial charge < -0.3 is 24.7 Å². The van der Waals surface area contributed by atoms with Crippen LogP contribution in [0.2, 0.25) is 0 Å². The van der Waals surface area contributed by atoms with Crippen LogP contribution >= 0.6 is 0 Å². The minimum absolute atomic E-state index is 0.0993. The van der Waals surface area contributed by atoms with Gasteiger partial charge in [-0.15, -0.1) is 0 Å². The second kappa shape index (κ2) is 14.1. The lowest BCUT2D eigenvalue weighted by molar-refractivity contribution is -0.131. The van der Waals surface area contributed by atoms with Crippen molar-refractivity contribution in [2.75, 3.05) is 59.4 Å². The first-order valence-corrected chi connectivity index (χ1v) is 8.03. The van der Waals surface area contributed by atoms with Crippen molar-refractivity contribution in [1.29, 1.82) is 0 Å². The Hall–Kier alpha value is -0.530. The van der Waals surface area contributed by atoms with Crippen LogP contribution in [0, 0.1) is 5.41 Å². The minimum atomic E-state index is -0.346. The quantitative estimate of drug-likeness (QED) is 0.460. The lowest BCUT2D eigenvalue weighted by Crippen LogP contribution is -2.25. The van der Waals surface area contributed by atoms with Crippen LogP contribution in [0.4, 0.5) is 0 Å². The molecule has 0 fully saturated rings. The Kier molecular flexibility index (Phi) is 13.7. The fraction of sp³-hybridized carbons (Fsp3) is 0.938. The Balaban J connectivity index is 3.13. The van der Waals surface area contributed by atoms with E-state index in [1.165, 1.54) is 0 Å². The number of carbonyl (C=O) groups excluding carboxylic acids is 1. The molecule has 0 spiro atoms. The zero-order valence-electron chi connectivity index (χ0n) is 14.4. The fourth-order valence-electron chi connectivity index (χ4n) is 1.39. The molecule has 6 nitrogen and oxygen atoms in total. The maximum Gasteiger partial charge on any atom is 0.163 e. The monoisotopic (exact) mass is 319 g/mol. The Morgan fingerprint density at radius 3 is 1.68 bits per heavy atom. The first kappa shape index (κ1) is 21.5. The highest BCUT2D eigenvalue weighted by molar-refractivity contribution is 5.84. The molecule has 2 N–H and O–H groups in total. The molecule has 0 atom stereocenters. The molecule has 0 aromatic carbocycles. The molecule has 0 aliphatic carbocycles. The van der Waals surface area contributed by atoms with Crippen molar-refractivity contribution in [2.24, 2.45) is 11.1 Å². The molecule has 0 aromatic heterocycles. The van der Waals surface area contributed by atoms with Gasteiger partial charge >= 0.3 is 0 Å². The molecule has 0 radical (unpaired) electrons. The van der Waals surface area contributed by atoms with Crippen molar-refractivity contribution in [3.63, 3.8) is 0 Å². The first-order valence-electron chi connectivity index (χ1n) is 8.03. The number of hydrogen-bond acceptors (Lipinski definition) is 6. The highest BCUT2D eigenvalue weighted by Crippen LogP contribution is 2.14. The molecule has 0 heterocycles. The van der Waals surface area contributed by atoms with Gasteiger partial charge in [-0.1, -0.05) is 20.8 Å². The van der Waals surface area contributed by atoms with E-state index >= 15 is 0 Å². The highest BCUT2D eigenvalue weighted by atomic mass is 16.6. The summed E-state index contributed by atoms with van der Waals surface area (Å²) in [7, 11) is 0. The number of unbranched alkanes of at least 4 members (excludes halogenated alkanes) is 1. The Morgan fingerprint density at radius 1 is 0.773 bits per heavy atom. The topological polar surface area (TPSA) is 80.0 Å². The van der Waals surface area contributed by atoms with Crippen LogP contribution in [-0.4, -0.2) is 65.2 Å². The average Bonchev–Trinajstić information content (AvgIpc) is 2.46. The largest absolute Gasteiger partial charge is 0.379 e. The highest BCUT2D eigenvalue weighted by Gasteiger charge is 2.20. The Morgan fingerprint density at radius 2 is 1.23 bits per heavy atom. The van der Waals surface area contributed by atoms with Gasteiger partial charge in [-0.05, 0) is 19.4 Å². The molecule has 0 unspecified atom stereocenters. The van der Waals surface area contributed by atoms with Crippen molar-refractivity contribution >= 4 is 5.78 Å².